The smallest absolute Gasteiger partial charge is 0.236 e. The van der Waals surface area contributed by atoms with E-state index < -0.39 is 5.41 Å². The summed E-state index contributed by atoms with van der Waals surface area (Å²) in [5.41, 5.74) is 4.62. The summed E-state index contributed by atoms with van der Waals surface area (Å²) in [6, 6.07) is 14.3. The molecule has 0 spiro atoms. The fourth-order valence-corrected chi connectivity index (χ4v) is 3.55. The number of imidazole rings is 1. The van der Waals surface area contributed by atoms with Crippen molar-refractivity contribution in [3.05, 3.63) is 59.4 Å². The van der Waals surface area contributed by atoms with Crippen LogP contribution >= 0.6 is 0 Å². The summed E-state index contributed by atoms with van der Waals surface area (Å²) in [4.78, 5) is 19.0. The topological polar surface area (TPSA) is 38.1 Å². The van der Waals surface area contributed by atoms with Gasteiger partial charge in [0.05, 0.1) is 16.4 Å². The minimum atomic E-state index is -0.497. The largest absolute Gasteiger partial charge is 0.328 e. The summed E-state index contributed by atoms with van der Waals surface area (Å²) in [5.74, 6) is 1.02. The Morgan fingerprint density at radius 3 is 2.48 bits per heavy atom. The zero-order valence-electron chi connectivity index (χ0n) is 14.9. The number of nitrogens with zero attached hydrogens (tertiary/aromatic N) is 3. The molecule has 4 rings (SSSR count). The number of amides is 1. The van der Waals surface area contributed by atoms with Gasteiger partial charge in [-0.2, -0.15) is 0 Å². The van der Waals surface area contributed by atoms with Crippen LogP contribution in [0, 0.1) is 0 Å². The summed E-state index contributed by atoms with van der Waals surface area (Å²) >= 11 is 0. The molecule has 2 aromatic carbocycles. The fourth-order valence-electron chi connectivity index (χ4n) is 3.55. The second-order valence-electron chi connectivity index (χ2n) is 7.12. The van der Waals surface area contributed by atoms with Gasteiger partial charge in [-0.05, 0) is 43.2 Å². The van der Waals surface area contributed by atoms with Gasteiger partial charge in [-0.1, -0.05) is 36.4 Å². The third-order valence-electron chi connectivity index (χ3n) is 5.13. The highest BCUT2D eigenvalue weighted by atomic mass is 16.2. The normalized spacial score (nSPS) is 16.2. The monoisotopic (exact) mass is 331 g/mol. The van der Waals surface area contributed by atoms with Gasteiger partial charge in [0, 0.05) is 19.8 Å². The zero-order chi connectivity index (χ0) is 17.8. The van der Waals surface area contributed by atoms with Crippen LogP contribution in [0.3, 0.4) is 0 Å². The Hall–Kier alpha value is -2.88. The van der Waals surface area contributed by atoms with E-state index in [0.717, 1.165) is 33.7 Å². The molecule has 0 saturated heterocycles. The molecule has 0 N–H and O–H groups in total. The maximum Gasteiger partial charge on any atom is 0.236 e. The lowest BCUT2D eigenvalue weighted by Gasteiger charge is -2.16. The van der Waals surface area contributed by atoms with Gasteiger partial charge in [0.2, 0.25) is 5.91 Å². The number of rotatable bonds is 2. The van der Waals surface area contributed by atoms with E-state index in [9.17, 15) is 4.79 Å². The van der Waals surface area contributed by atoms with E-state index in [1.165, 1.54) is 0 Å². The van der Waals surface area contributed by atoms with E-state index in [-0.39, 0.29) is 5.91 Å². The molecule has 4 nitrogen and oxygen atoms in total. The number of anilines is 1. The Balaban J connectivity index is 1.82. The molecule has 1 aromatic heterocycles. The Bertz CT molecular complexity index is 1010. The third-order valence-corrected chi connectivity index (χ3v) is 5.13. The van der Waals surface area contributed by atoms with Crippen LogP contribution in [-0.2, 0) is 17.3 Å². The first-order chi connectivity index (χ1) is 11.9. The lowest BCUT2D eigenvalue weighted by Crippen LogP contribution is -2.33. The Kier molecular flexibility index (Phi) is 3.32. The highest BCUT2D eigenvalue weighted by molar-refractivity contribution is 6.09. The number of aryl methyl sites for hydroxylation is 1. The van der Waals surface area contributed by atoms with Crippen molar-refractivity contribution in [3.63, 3.8) is 0 Å². The number of hydrogen-bond acceptors (Lipinski definition) is 2. The molecule has 1 amide bonds. The van der Waals surface area contributed by atoms with E-state index in [0.29, 0.717) is 0 Å². The molecule has 2 heterocycles. The summed E-state index contributed by atoms with van der Waals surface area (Å²) in [5, 5.41) is 0. The van der Waals surface area contributed by atoms with Gasteiger partial charge in [-0.25, -0.2) is 4.98 Å². The molecule has 0 aliphatic carbocycles. The molecular formula is C21H21N3O. The quantitative estimate of drug-likeness (QED) is 0.712. The number of aromatic nitrogens is 2. The second-order valence-corrected chi connectivity index (χ2v) is 7.12. The van der Waals surface area contributed by atoms with Crippen molar-refractivity contribution in [2.75, 3.05) is 11.9 Å². The molecule has 0 radical (unpaired) electrons. The molecule has 1 aliphatic heterocycles. The second kappa shape index (κ2) is 5.31. The summed E-state index contributed by atoms with van der Waals surface area (Å²) in [6.07, 6.45) is 4.09. The number of hydrogen-bond donors (Lipinski definition) is 0. The molecule has 0 fully saturated rings. The molecule has 126 valence electrons. The van der Waals surface area contributed by atoms with E-state index in [2.05, 4.69) is 28.8 Å². The minimum absolute atomic E-state index is 0.127. The maximum atomic E-state index is 12.5. The van der Waals surface area contributed by atoms with Gasteiger partial charge >= 0.3 is 0 Å². The van der Waals surface area contributed by atoms with Crippen LogP contribution in [0.15, 0.2) is 42.5 Å². The Morgan fingerprint density at radius 1 is 1.04 bits per heavy atom. The lowest BCUT2D eigenvalue weighted by molar-refractivity contribution is -0.121. The summed E-state index contributed by atoms with van der Waals surface area (Å²) < 4.78 is 2.08. The molecule has 0 saturated carbocycles. The van der Waals surface area contributed by atoms with Gasteiger partial charge in [0.15, 0.2) is 0 Å². The first-order valence-corrected chi connectivity index (χ1v) is 8.42. The van der Waals surface area contributed by atoms with Crippen LogP contribution in [0.5, 0.6) is 0 Å². The molecule has 0 unspecified atom stereocenters. The molecule has 3 aromatic rings. The van der Waals surface area contributed by atoms with E-state index in [1.54, 1.807) is 4.90 Å². The van der Waals surface area contributed by atoms with E-state index in [1.807, 2.05) is 58.3 Å². The van der Waals surface area contributed by atoms with E-state index >= 15 is 0 Å². The predicted molar refractivity (Wildman–Crippen MR) is 103 cm³/mol. The van der Waals surface area contributed by atoms with Gasteiger partial charge in [-0.15, -0.1) is 0 Å². The summed E-state index contributed by atoms with van der Waals surface area (Å²) in [6.45, 7) is 3.96. The van der Waals surface area contributed by atoms with Crippen molar-refractivity contribution in [2.24, 2.45) is 7.05 Å². The number of likely N-dealkylation sites (N-methyl/N-ethyl adjacent to an activating group) is 1. The molecule has 1 aliphatic rings. The standard InChI is InChI=1S/C21H21N3O/c1-21(2)15-12-18-16(13-17(15)24(4)20(21)25)22-19(23(18)3)11-10-14-8-6-5-7-9-14/h5-13H,1-4H3. The lowest BCUT2D eigenvalue weighted by atomic mass is 9.86. The fraction of sp³-hybridized carbons (Fsp3) is 0.238. The predicted octanol–water partition coefficient (Wildman–Crippen LogP) is 4.00. The number of carbonyl (C=O) groups excluding carboxylic acids is 1. The van der Waals surface area contributed by atoms with Crippen molar-refractivity contribution in [1.82, 2.24) is 9.55 Å². The maximum absolute atomic E-state index is 12.5. The molecule has 0 atom stereocenters. The average molecular weight is 331 g/mol. The van der Waals surface area contributed by atoms with Crippen LogP contribution in [0.25, 0.3) is 23.2 Å². The van der Waals surface area contributed by atoms with Crippen molar-refractivity contribution in [1.29, 1.82) is 0 Å². The molecule has 4 heteroatoms. The van der Waals surface area contributed by atoms with Crippen molar-refractivity contribution < 1.29 is 4.79 Å². The van der Waals surface area contributed by atoms with Gasteiger partial charge in [0.25, 0.3) is 0 Å². The first kappa shape index (κ1) is 15.6. The van der Waals surface area contributed by atoms with Crippen molar-refractivity contribution in [3.8, 4) is 0 Å². The first-order valence-electron chi connectivity index (χ1n) is 8.42. The van der Waals surface area contributed by atoms with Crippen LogP contribution in [-0.4, -0.2) is 22.5 Å². The van der Waals surface area contributed by atoms with Crippen LogP contribution in [0.4, 0.5) is 5.69 Å². The van der Waals surface area contributed by atoms with E-state index in [4.69, 9.17) is 4.98 Å². The number of fused-ring (bicyclic) bond motifs is 2. The number of carbonyl (C=O) groups is 1. The average Bonchev–Trinajstić information content (AvgIpc) is 3.01. The molecule has 25 heavy (non-hydrogen) atoms. The van der Waals surface area contributed by atoms with Gasteiger partial charge in [-0.3, -0.25) is 4.79 Å². The van der Waals surface area contributed by atoms with Crippen molar-refractivity contribution in [2.45, 2.75) is 19.3 Å². The summed E-state index contributed by atoms with van der Waals surface area (Å²) in [7, 11) is 3.85. The molecular weight excluding hydrogens is 310 g/mol. The Labute approximate surface area is 147 Å². The van der Waals surface area contributed by atoms with Crippen LogP contribution in [0.1, 0.15) is 30.8 Å². The van der Waals surface area contributed by atoms with Gasteiger partial charge in [0.1, 0.15) is 5.82 Å². The highest BCUT2D eigenvalue weighted by Crippen LogP contribution is 2.42. The number of benzene rings is 2. The van der Waals surface area contributed by atoms with Crippen LogP contribution in [0.2, 0.25) is 0 Å². The SMILES string of the molecule is CN1C(=O)C(C)(C)c2cc3c(cc21)nc(C=Cc1ccccc1)n3C. The molecule has 0 bridgehead atoms. The minimum Gasteiger partial charge on any atom is -0.328 e. The Morgan fingerprint density at radius 2 is 1.76 bits per heavy atom. The van der Waals surface area contributed by atoms with Crippen LogP contribution < -0.4 is 4.90 Å². The highest BCUT2D eigenvalue weighted by Gasteiger charge is 2.42. The van der Waals surface area contributed by atoms with Gasteiger partial charge < -0.3 is 9.47 Å². The third kappa shape index (κ3) is 2.29. The zero-order valence-corrected chi connectivity index (χ0v) is 14.9. The van der Waals surface area contributed by atoms with Crippen molar-refractivity contribution >= 4 is 34.8 Å².